The highest BCUT2D eigenvalue weighted by molar-refractivity contribution is 6.19. The second kappa shape index (κ2) is 9.48. The van der Waals surface area contributed by atoms with Gasteiger partial charge in [0.15, 0.2) is 0 Å². The molecule has 0 aromatic carbocycles. The topological polar surface area (TPSA) is 92.9 Å². The van der Waals surface area contributed by atoms with Crippen LogP contribution in [-0.2, 0) is 14.3 Å². The van der Waals surface area contributed by atoms with Crippen LogP contribution in [0.2, 0.25) is 0 Å². The first-order valence-corrected chi connectivity index (χ1v) is 9.76. The Bertz CT molecular complexity index is 719. The minimum Gasteiger partial charge on any atom is -0.391 e. The van der Waals surface area contributed by atoms with Crippen molar-refractivity contribution in [3.8, 4) is 0 Å². The van der Waals surface area contributed by atoms with E-state index in [2.05, 4.69) is 52.0 Å². The summed E-state index contributed by atoms with van der Waals surface area (Å²) in [6.07, 6.45) is 9.84. The van der Waals surface area contributed by atoms with E-state index in [4.69, 9.17) is 10.5 Å². The number of Topliss-reactive ketones (excluding diaryl/α,β-unsaturated/α-hetero) is 1. The second-order valence-corrected chi connectivity index (χ2v) is 8.46. The van der Waals surface area contributed by atoms with Crippen molar-refractivity contribution >= 4 is 11.7 Å². The van der Waals surface area contributed by atoms with Crippen molar-refractivity contribution in [2.24, 2.45) is 11.1 Å². The number of rotatable bonds is 9. The lowest BCUT2D eigenvalue weighted by Crippen LogP contribution is -2.44. The zero-order valence-corrected chi connectivity index (χ0v) is 18.2. The third-order valence-electron chi connectivity index (χ3n) is 4.88. The number of carbonyl (C=O) groups is 2. The molecule has 1 saturated heterocycles. The lowest BCUT2D eigenvalue weighted by molar-refractivity contribution is -0.131. The van der Waals surface area contributed by atoms with Gasteiger partial charge >= 0.3 is 0 Å². The van der Waals surface area contributed by atoms with Crippen LogP contribution in [0.1, 0.15) is 61.3 Å². The standard InChI is InChI=1S/C23H35NO4/c1-8-18(22(5,6)7)14-15(2)12-10-9-11-13-16(3)19(26)23(21(24)27)20(28-23)17(4)25/h8,10,12-14,17,20,25H,9,11H2,1-7H3,(H2,24,27)/t17-,20-,23-/m0/s1. The molecule has 156 valence electrons. The molecule has 1 aliphatic rings. The predicted molar refractivity (Wildman–Crippen MR) is 113 cm³/mol. The van der Waals surface area contributed by atoms with Crippen molar-refractivity contribution in [1.29, 1.82) is 0 Å². The second-order valence-electron chi connectivity index (χ2n) is 8.46. The Morgan fingerprint density at radius 1 is 1.25 bits per heavy atom. The van der Waals surface area contributed by atoms with E-state index in [0.717, 1.165) is 6.42 Å². The quantitative estimate of drug-likeness (QED) is 0.206. The van der Waals surface area contributed by atoms with Gasteiger partial charge in [0.05, 0.1) is 6.10 Å². The van der Waals surface area contributed by atoms with Gasteiger partial charge in [-0.15, -0.1) is 0 Å². The predicted octanol–water partition coefficient (Wildman–Crippen LogP) is 3.78. The number of carbonyl (C=O) groups excluding carboxylic acids is 2. The Hall–Kier alpha value is -1.98. The molecule has 28 heavy (non-hydrogen) atoms. The fraction of sp³-hybridized carbons (Fsp3) is 0.565. The van der Waals surface area contributed by atoms with Crippen LogP contribution in [-0.4, -0.2) is 34.6 Å². The van der Waals surface area contributed by atoms with Crippen molar-refractivity contribution in [2.45, 2.75) is 79.1 Å². The van der Waals surface area contributed by atoms with Crippen molar-refractivity contribution in [2.75, 3.05) is 0 Å². The lowest BCUT2D eigenvalue weighted by atomic mass is 9.85. The summed E-state index contributed by atoms with van der Waals surface area (Å²) in [6, 6.07) is 0. The highest BCUT2D eigenvalue weighted by Gasteiger charge is 2.69. The van der Waals surface area contributed by atoms with Crippen molar-refractivity contribution < 1.29 is 19.4 Å². The first kappa shape index (κ1) is 24.1. The SMILES string of the molecule is CC=C(C=C(C)C=CCCC=C(C)C(=O)[C@]1(C(N)=O)O[C@H]1[C@H](C)O)C(C)(C)C. The van der Waals surface area contributed by atoms with E-state index in [-0.39, 0.29) is 5.41 Å². The van der Waals surface area contributed by atoms with Crippen LogP contribution in [0.5, 0.6) is 0 Å². The minimum absolute atomic E-state index is 0.106. The number of allylic oxidation sites excluding steroid dienone is 7. The highest BCUT2D eigenvalue weighted by atomic mass is 16.6. The number of aliphatic hydroxyl groups is 1. The summed E-state index contributed by atoms with van der Waals surface area (Å²) in [5.74, 6) is -1.32. The molecule has 1 fully saturated rings. The zero-order chi connectivity index (χ0) is 21.7. The highest BCUT2D eigenvalue weighted by Crippen LogP contribution is 2.41. The Morgan fingerprint density at radius 3 is 2.29 bits per heavy atom. The van der Waals surface area contributed by atoms with Crippen molar-refractivity contribution in [1.82, 2.24) is 0 Å². The van der Waals surface area contributed by atoms with Gasteiger partial charge in [0, 0.05) is 0 Å². The number of ether oxygens (including phenoxy) is 1. The van der Waals surface area contributed by atoms with Crippen LogP contribution in [0.15, 0.2) is 47.1 Å². The number of primary amides is 1. The molecule has 5 nitrogen and oxygen atoms in total. The normalized spacial score (nSPS) is 25.1. The molecule has 3 atom stereocenters. The third-order valence-corrected chi connectivity index (χ3v) is 4.88. The minimum atomic E-state index is -1.71. The average molecular weight is 390 g/mol. The number of unbranched alkanes of at least 4 members (excludes halogenated alkanes) is 1. The van der Waals surface area contributed by atoms with E-state index in [1.54, 1.807) is 13.0 Å². The summed E-state index contributed by atoms with van der Waals surface area (Å²) in [4.78, 5) is 24.3. The molecular formula is C23H35NO4. The molecule has 5 heteroatoms. The molecule has 0 saturated carbocycles. The number of hydrogen-bond donors (Lipinski definition) is 2. The molecule has 0 aliphatic carbocycles. The van der Waals surface area contributed by atoms with Gasteiger partial charge < -0.3 is 15.6 Å². The van der Waals surface area contributed by atoms with Gasteiger partial charge in [-0.2, -0.15) is 0 Å². The van der Waals surface area contributed by atoms with Crippen molar-refractivity contribution in [3.63, 3.8) is 0 Å². The summed E-state index contributed by atoms with van der Waals surface area (Å²) >= 11 is 0. The smallest absolute Gasteiger partial charge is 0.260 e. The van der Waals surface area contributed by atoms with E-state index in [1.807, 2.05) is 6.92 Å². The van der Waals surface area contributed by atoms with Gasteiger partial charge in [-0.3, -0.25) is 9.59 Å². The van der Waals surface area contributed by atoms with Gasteiger partial charge in [-0.05, 0) is 57.1 Å². The Kier molecular flexibility index (Phi) is 8.15. The monoisotopic (exact) mass is 389 g/mol. The molecule has 1 rings (SSSR count). The maximum Gasteiger partial charge on any atom is 0.260 e. The number of hydrogen-bond acceptors (Lipinski definition) is 4. The van der Waals surface area contributed by atoms with E-state index < -0.39 is 29.5 Å². The average Bonchev–Trinajstić information content (AvgIpc) is 3.34. The Balaban J connectivity index is 2.67. The first-order valence-electron chi connectivity index (χ1n) is 9.76. The molecule has 0 bridgehead atoms. The first-order chi connectivity index (χ1) is 12.9. The molecule has 1 amide bonds. The molecule has 0 aromatic rings. The number of amides is 1. The summed E-state index contributed by atoms with van der Waals surface area (Å²) in [6.45, 7) is 13.8. The van der Waals surface area contributed by atoms with E-state index in [0.29, 0.717) is 12.0 Å². The summed E-state index contributed by atoms with van der Waals surface area (Å²) in [5, 5.41) is 9.61. The molecule has 1 aliphatic heterocycles. The van der Waals surface area contributed by atoms with E-state index >= 15 is 0 Å². The maximum absolute atomic E-state index is 12.6. The summed E-state index contributed by atoms with van der Waals surface area (Å²) < 4.78 is 5.20. The molecule has 0 aromatic heterocycles. The van der Waals surface area contributed by atoms with Crippen molar-refractivity contribution in [3.05, 3.63) is 47.1 Å². The fourth-order valence-electron chi connectivity index (χ4n) is 3.17. The summed E-state index contributed by atoms with van der Waals surface area (Å²) in [5.41, 5.74) is 6.61. The zero-order valence-electron chi connectivity index (χ0n) is 18.2. The number of nitrogens with two attached hydrogens (primary N) is 1. The van der Waals surface area contributed by atoms with Crippen LogP contribution in [0.3, 0.4) is 0 Å². The Morgan fingerprint density at radius 2 is 1.86 bits per heavy atom. The van der Waals surface area contributed by atoms with Gasteiger partial charge in [0.2, 0.25) is 11.4 Å². The fourth-order valence-corrected chi connectivity index (χ4v) is 3.17. The molecule has 0 radical (unpaired) electrons. The van der Waals surface area contributed by atoms with Crippen LogP contribution < -0.4 is 5.73 Å². The van der Waals surface area contributed by atoms with Gasteiger partial charge in [0.1, 0.15) is 6.10 Å². The molecule has 3 N–H and O–H groups in total. The maximum atomic E-state index is 12.6. The number of aliphatic hydroxyl groups excluding tert-OH is 1. The molecule has 1 heterocycles. The summed E-state index contributed by atoms with van der Waals surface area (Å²) in [7, 11) is 0. The molecule has 0 unspecified atom stereocenters. The lowest BCUT2D eigenvalue weighted by Gasteiger charge is -2.20. The van der Waals surface area contributed by atoms with Crippen LogP contribution in [0, 0.1) is 5.41 Å². The third kappa shape index (κ3) is 5.76. The van der Waals surface area contributed by atoms with Crippen LogP contribution in [0.25, 0.3) is 0 Å². The van der Waals surface area contributed by atoms with Crippen LogP contribution in [0.4, 0.5) is 0 Å². The molecule has 0 spiro atoms. The van der Waals surface area contributed by atoms with Gasteiger partial charge in [0.25, 0.3) is 5.91 Å². The number of ketones is 1. The van der Waals surface area contributed by atoms with E-state index in [9.17, 15) is 14.7 Å². The number of epoxide rings is 1. The largest absolute Gasteiger partial charge is 0.391 e. The van der Waals surface area contributed by atoms with Gasteiger partial charge in [-0.1, -0.05) is 56.7 Å². The Labute approximate surface area is 169 Å². The van der Waals surface area contributed by atoms with Crippen LogP contribution >= 0.6 is 0 Å². The molecular weight excluding hydrogens is 354 g/mol. The van der Waals surface area contributed by atoms with E-state index in [1.165, 1.54) is 18.1 Å². The van der Waals surface area contributed by atoms with Gasteiger partial charge in [-0.25, -0.2) is 0 Å².